The zero-order valence-corrected chi connectivity index (χ0v) is 11.8. The first kappa shape index (κ1) is 14.9. The highest BCUT2D eigenvalue weighted by atomic mass is 16.5. The third-order valence-corrected chi connectivity index (χ3v) is 4.18. The molecule has 0 heterocycles. The van der Waals surface area contributed by atoms with Gasteiger partial charge in [0.2, 0.25) is 0 Å². The molecule has 0 aromatic rings. The van der Waals surface area contributed by atoms with E-state index in [0.717, 1.165) is 19.2 Å². The third-order valence-electron chi connectivity index (χ3n) is 4.18. The van der Waals surface area contributed by atoms with Crippen LogP contribution in [0.2, 0.25) is 0 Å². The molecule has 1 rings (SSSR count). The molecule has 1 fully saturated rings. The second-order valence-electron chi connectivity index (χ2n) is 5.27. The second kappa shape index (κ2) is 8.06. The summed E-state index contributed by atoms with van der Waals surface area (Å²) in [7, 11) is 1.79. The van der Waals surface area contributed by atoms with Crippen LogP contribution in [-0.4, -0.2) is 43.3 Å². The average Bonchev–Trinajstić information content (AvgIpc) is 2.36. The van der Waals surface area contributed by atoms with E-state index >= 15 is 0 Å². The SMILES string of the molecule is CCC(CC)N(CCOC)C1CCC(N)CC1. The first-order chi connectivity index (χ1) is 8.22. The highest BCUT2D eigenvalue weighted by Gasteiger charge is 2.27. The quantitative estimate of drug-likeness (QED) is 0.745. The predicted molar refractivity (Wildman–Crippen MR) is 73.2 cm³/mol. The van der Waals surface area contributed by atoms with Gasteiger partial charge in [-0.05, 0) is 38.5 Å². The van der Waals surface area contributed by atoms with E-state index in [0.29, 0.717) is 12.1 Å². The van der Waals surface area contributed by atoms with Gasteiger partial charge in [-0.25, -0.2) is 0 Å². The summed E-state index contributed by atoms with van der Waals surface area (Å²) in [6, 6.07) is 1.89. The van der Waals surface area contributed by atoms with Crippen LogP contribution in [0.5, 0.6) is 0 Å². The van der Waals surface area contributed by atoms with Crippen LogP contribution in [-0.2, 0) is 4.74 Å². The van der Waals surface area contributed by atoms with Crippen LogP contribution in [0.3, 0.4) is 0 Å². The fraction of sp³-hybridized carbons (Fsp3) is 1.00. The number of methoxy groups -OCH3 is 1. The number of ether oxygens (including phenoxy) is 1. The van der Waals surface area contributed by atoms with Gasteiger partial charge in [0.1, 0.15) is 0 Å². The Bertz CT molecular complexity index is 187. The average molecular weight is 242 g/mol. The molecule has 0 spiro atoms. The van der Waals surface area contributed by atoms with E-state index in [9.17, 15) is 0 Å². The Labute approximate surface area is 107 Å². The van der Waals surface area contributed by atoms with E-state index < -0.39 is 0 Å². The molecule has 0 unspecified atom stereocenters. The molecule has 0 amide bonds. The summed E-state index contributed by atoms with van der Waals surface area (Å²) in [6.07, 6.45) is 7.39. The molecule has 3 nitrogen and oxygen atoms in total. The van der Waals surface area contributed by atoms with Crippen LogP contribution in [0.4, 0.5) is 0 Å². The van der Waals surface area contributed by atoms with E-state index in [4.69, 9.17) is 10.5 Å². The van der Waals surface area contributed by atoms with Gasteiger partial charge < -0.3 is 10.5 Å². The number of hydrogen-bond donors (Lipinski definition) is 1. The maximum absolute atomic E-state index is 6.00. The number of rotatable bonds is 7. The molecular formula is C14H30N2O. The lowest BCUT2D eigenvalue weighted by molar-refractivity contribution is 0.0607. The number of nitrogens with two attached hydrogens (primary N) is 1. The van der Waals surface area contributed by atoms with Crippen molar-refractivity contribution in [1.82, 2.24) is 4.90 Å². The first-order valence-corrected chi connectivity index (χ1v) is 7.23. The summed E-state index contributed by atoms with van der Waals surface area (Å²) in [5.41, 5.74) is 6.00. The van der Waals surface area contributed by atoms with E-state index in [-0.39, 0.29) is 0 Å². The minimum atomic E-state index is 0.442. The van der Waals surface area contributed by atoms with Crippen molar-refractivity contribution in [3.8, 4) is 0 Å². The van der Waals surface area contributed by atoms with Gasteiger partial charge in [0.15, 0.2) is 0 Å². The molecule has 0 saturated heterocycles. The Balaban J connectivity index is 2.54. The molecule has 0 bridgehead atoms. The van der Waals surface area contributed by atoms with Gasteiger partial charge in [0.05, 0.1) is 6.61 Å². The minimum absolute atomic E-state index is 0.442. The van der Waals surface area contributed by atoms with E-state index in [1.165, 1.54) is 38.5 Å². The van der Waals surface area contributed by atoms with Gasteiger partial charge in [0, 0.05) is 31.8 Å². The Morgan fingerprint density at radius 1 is 1.18 bits per heavy atom. The van der Waals surface area contributed by atoms with E-state index in [1.54, 1.807) is 7.11 Å². The molecule has 0 aromatic carbocycles. The summed E-state index contributed by atoms with van der Waals surface area (Å²) in [6.45, 7) is 6.51. The monoisotopic (exact) mass is 242 g/mol. The van der Waals surface area contributed by atoms with Crippen molar-refractivity contribution < 1.29 is 4.74 Å². The molecule has 3 heteroatoms. The van der Waals surface area contributed by atoms with Crippen LogP contribution >= 0.6 is 0 Å². The summed E-state index contributed by atoms with van der Waals surface area (Å²) >= 11 is 0. The van der Waals surface area contributed by atoms with Gasteiger partial charge in [-0.2, -0.15) is 0 Å². The van der Waals surface area contributed by atoms with E-state index in [2.05, 4.69) is 18.7 Å². The smallest absolute Gasteiger partial charge is 0.0589 e. The maximum Gasteiger partial charge on any atom is 0.0589 e. The van der Waals surface area contributed by atoms with Crippen LogP contribution in [0.1, 0.15) is 52.4 Å². The first-order valence-electron chi connectivity index (χ1n) is 7.23. The molecule has 17 heavy (non-hydrogen) atoms. The molecule has 2 N–H and O–H groups in total. The van der Waals surface area contributed by atoms with Gasteiger partial charge in [0.25, 0.3) is 0 Å². The van der Waals surface area contributed by atoms with Crippen LogP contribution in [0.25, 0.3) is 0 Å². The molecule has 1 aliphatic carbocycles. The van der Waals surface area contributed by atoms with Gasteiger partial charge >= 0.3 is 0 Å². The molecule has 1 saturated carbocycles. The number of nitrogens with zero attached hydrogens (tertiary/aromatic N) is 1. The number of hydrogen-bond acceptors (Lipinski definition) is 3. The highest BCUT2D eigenvalue weighted by Crippen LogP contribution is 2.25. The third kappa shape index (κ3) is 4.57. The molecular weight excluding hydrogens is 212 g/mol. The van der Waals surface area contributed by atoms with Gasteiger partial charge in [-0.15, -0.1) is 0 Å². The topological polar surface area (TPSA) is 38.5 Å². The molecule has 102 valence electrons. The zero-order chi connectivity index (χ0) is 12.7. The lowest BCUT2D eigenvalue weighted by Crippen LogP contribution is -2.47. The minimum Gasteiger partial charge on any atom is -0.383 e. The predicted octanol–water partition coefficient (Wildman–Crippen LogP) is 2.39. The van der Waals surface area contributed by atoms with Crippen molar-refractivity contribution in [3.63, 3.8) is 0 Å². The lowest BCUT2D eigenvalue weighted by atomic mass is 9.89. The molecule has 0 radical (unpaired) electrons. The van der Waals surface area contributed by atoms with E-state index in [1.807, 2.05) is 0 Å². The van der Waals surface area contributed by atoms with Crippen molar-refractivity contribution in [2.45, 2.75) is 70.5 Å². The van der Waals surface area contributed by atoms with Crippen molar-refractivity contribution in [3.05, 3.63) is 0 Å². The molecule has 0 aliphatic heterocycles. The Kier molecular flexibility index (Phi) is 7.09. The van der Waals surface area contributed by atoms with Crippen molar-refractivity contribution >= 4 is 0 Å². The Hall–Kier alpha value is -0.120. The Morgan fingerprint density at radius 2 is 1.76 bits per heavy atom. The lowest BCUT2D eigenvalue weighted by Gasteiger charge is -2.40. The van der Waals surface area contributed by atoms with Crippen LogP contribution in [0, 0.1) is 0 Å². The fourth-order valence-electron chi connectivity index (χ4n) is 3.05. The highest BCUT2D eigenvalue weighted by molar-refractivity contribution is 4.84. The van der Waals surface area contributed by atoms with Crippen molar-refractivity contribution in [2.24, 2.45) is 5.73 Å². The second-order valence-corrected chi connectivity index (χ2v) is 5.27. The van der Waals surface area contributed by atoms with Crippen molar-refractivity contribution in [2.75, 3.05) is 20.3 Å². The summed E-state index contributed by atoms with van der Waals surface area (Å²) in [4.78, 5) is 2.68. The Morgan fingerprint density at radius 3 is 2.24 bits per heavy atom. The molecule has 1 aliphatic rings. The standard InChI is InChI=1S/C14H30N2O/c1-4-13(5-2)16(10-11-17-3)14-8-6-12(15)7-9-14/h12-14H,4-11,15H2,1-3H3. The normalized spacial score (nSPS) is 25.8. The zero-order valence-electron chi connectivity index (χ0n) is 11.8. The van der Waals surface area contributed by atoms with Crippen LogP contribution < -0.4 is 5.73 Å². The van der Waals surface area contributed by atoms with Gasteiger partial charge in [-0.1, -0.05) is 13.8 Å². The summed E-state index contributed by atoms with van der Waals surface area (Å²) in [5, 5.41) is 0. The molecule has 0 aromatic heterocycles. The summed E-state index contributed by atoms with van der Waals surface area (Å²) in [5.74, 6) is 0. The molecule has 0 atom stereocenters. The summed E-state index contributed by atoms with van der Waals surface area (Å²) < 4.78 is 5.26. The fourth-order valence-corrected chi connectivity index (χ4v) is 3.05. The van der Waals surface area contributed by atoms with Crippen LogP contribution in [0.15, 0.2) is 0 Å². The maximum atomic E-state index is 6.00. The van der Waals surface area contributed by atoms with Gasteiger partial charge in [-0.3, -0.25) is 4.90 Å². The van der Waals surface area contributed by atoms with Crippen molar-refractivity contribution in [1.29, 1.82) is 0 Å². The largest absolute Gasteiger partial charge is 0.383 e.